The fraction of sp³-hybridized carbons (Fsp3) is 0.444. The summed E-state index contributed by atoms with van der Waals surface area (Å²) in [5, 5.41) is 4.71. The Kier molecular flexibility index (Phi) is 4.97. The van der Waals surface area contributed by atoms with Crippen LogP contribution in [0.3, 0.4) is 0 Å². The van der Waals surface area contributed by atoms with Gasteiger partial charge in [-0.1, -0.05) is 30.3 Å². The summed E-state index contributed by atoms with van der Waals surface area (Å²) in [4.78, 5) is 13.5. The van der Waals surface area contributed by atoms with Crippen molar-refractivity contribution < 1.29 is 9.53 Å². The minimum atomic E-state index is -0.311. The second-order valence-corrected chi connectivity index (χ2v) is 6.26. The summed E-state index contributed by atoms with van der Waals surface area (Å²) in [5.41, 5.74) is 9.85. The molecule has 0 unspecified atom stereocenters. The van der Waals surface area contributed by atoms with Crippen LogP contribution in [0.15, 0.2) is 30.3 Å². The second kappa shape index (κ2) is 7.15. The van der Waals surface area contributed by atoms with Crippen molar-refractivity contribution in [3.63, 3.8) is 0 Å². The first-order valence-electron chi connectivity index (χ1n) is 8.24. The van der Waals surface area contributed by atoms with Gasteiger partial charge in [-0.15, -0.1) is 0 Å². The predicted molar refractivity (Wildman–Crippen MR) is 91.6 cm³/mol. The zero-order chi connectivity index (χ0) is 17.1. The molecule has 1 fully saturated rings. The summed E-state index contributed by atoms with van der Waals surface area (Å²) < 4.78 is 7.68. The molecule has 2 N–H and O–H groups in total. The average Bonchev–Trinajstić information content (AvgIpc) is 2.83. The van der Waals surface area contributed by atoms with Crippen molar-refractivity contribution in [1.29, 1.82) is 0 Å². The molecule has 1 aromatic carbocycles. The monoisotopic (exact) mass is 328 g/mol. The first-order chi connectivity index (χ1) is 11.6. The summed E-state index contributed by atoms with van der Waals surface area (Å²) in [5.74, 6) is -0.311. The SMILES string of the molecule is Cc1nn(Cc2ccccc2)c(C)c1[C@@H]1COCCN1CC(N)=O. The Morgan fingerprint density at radius 2 is 2.08 bits per heavy atom. The van der Waals surface area contributed by atoms with Gasteiger partial charge in [-0.3, -0.25) is 14.4 Å². The number of aryl methyl sites for hydroxylation is 1. The van der Waals surface area contributed by atoms with Crippen LogP contribution in [0.25, 0.3) is 0 Å². The average molecular weight is 328 g/mol. The molecule has 0 saturated carbocycles. The number of carbonyl (C=O) groups is 1. The summed E-state index contributed by atoms with van der Waals surface area (Å²) >= 11 is 0. The molecule has 2 heterocycles. The van der Waals surface area contributed by atoms with Gasteiger partial charge in [-0.05, 0) is 19.4 Å². The van der Waals surface area contributed by atoms with Gasteiger partial charge in [0.2, 0.25) is 5.91 Å². The molecule has 1 saturated heterocycles. The highest BCUT2D eigenvalue weighted by atomic mass is 16.5. The van der Waals surface area contributed by atoms with E-state index in [1.807, 2.05) is 29.8 Å². The maximum Gasteiger partial charge on any atom is 0.231 e. The molecule has 2 aromatic rings. The molecule has 6 nitrogen and oxygen atoms in total. The Morgan fingerprint density at radius 1 is 1.33 bits per heavy atom. The van der Waals surface area contributed by atoms with Crippen LogP contribution in [0.4, 0.5) is 0 Å². The van der Waals surface area contributed by atoms with E-state index in [2.05, 4.69) is 24.0 Å². The number of hydrogen-bond donors (Lipinski definition) is 1. The molecule has 6 heteroatoms. The van der Waals surface area contributed by atoms with Crippen molar-refractivity contribution in [1.82, 2.24) is 14.7 Å². The lowest BCUT2D eigenvalue weighted by atomic mass is 10.0. The van der Waals surface area contributed by atoms with Gasteiger partial charge in [0, 0.05) is 17.8 Å². The molecule has 0 bridgehead atoms. The van der Waals surface area contributed by atoms with Crippen molar-refractivity contribution in [3.8, 4) is 0 Å². The van der Waals surface area contributed by atoms with E-state index in [1.165, 1.54) is 5.56 Å². The van der Waals surface area contributed by atoms with E-state index >= 15 is 0 Å². The number of ether oxygens (including phenoxy) is 1. The van der Waals surface area contributed by atoms with E-state index in [0.717, 1.165) is 23.5 Å². The Labute approximate surface area is 142 Å². The zero-order valence-corrected chi connectivity index (χ0v) is 14.2. The van der Waals surface area contributed by atoms with Crippen LogP contribution < -0.4 is 5.73 Å². The Morgan fingerprint density at radius 3 is 2.79 bits per heavy atom. The van der Waals surface area contributed by atoms with E-state index in [0.29, 0.717) is 19.8 Å². The van der Waals surface area contributed by atoms with Crippen LogP contribution >= 0.6 is 0 Å². The van der Waals surface area contributed by atoms with E-state index in [1.54, 1.807) is 0 Å². The summed E-state index contributed by atoms with van der Waals surface area (Å²) in [7, 11) is 0. The van der Waals surface area contributed by atoms with Crippen LogP contribution in [0.5, 0.6) is 0 Å². The van der Waals surface area contributed by atoms with Crippen LogP contribution in [-0.2, 0) is 16.1 Å². The fourth-order valence-electron chi connectivity index (χ4n) is 3.40. The fourth-order valence-corrected chi connectivity index (χ4v) is 3.40. The number of nitrogens with two attached hydrogens (primary N) is 1. The van der Waals surface area contributed by atoms with Gasteiger partial charge in [0.1, 0.15) is 0 Å². The highest BCUT2D eigenvalue weighted by molar-refractivity contribution is 5.76. The first kappa shape index (κ1) is 16.7. The topological polar surface area (TPSA) is 73.4 Å². The number of hydrogen-bond acceptors (Lipinski definition) is 4. The normalized spacial score (nSPS) is 18.7. The molecule has 1 aromatic heterocycles. The van der Waals surface area contributed by atoms with E-state index in [-0.39, 0.29) is 18.5 Å². The molecule has 1 aliphatic rings. The van der Waals surface area contributed by atoms with Crippen LogP contribution in [0, 0.1) is 13.8 Å². The standard InChI is InChI=1S/C18H24N4O2/c1-13-18(16-12-24-9-8-21(16)11-17(19)23)14(2)22(20-13)10-15-6-4-3-5-7-15/h3-7,16H,8-12H2,1-2H3,(H2,19,23)/t16-/m0/s1. The van der Waals surface area contributed by atoms with Crippen LogP contribution in [0.2, 0.25) is 0 Å². The van der Waals surface area contributed by atoms with Gasteiger partial charge >= 0.3 is 0 Å². The van der Waals surface area contributed by atoms with E-state index in [4.69, 9.17) is 15.6 Å². The molecule has 128 valence electrons. The number of carbonyl (C=O) groups excluding carboxylic acids is 1. The third-order valence-corrected chi connectivity index (χ3v) is 4.54. The first-order valence-corrected chi connectivity index (χ1v) is 8.24. The van der Waals surface area contributed by atoms with Gasteiger partial charge in [-0.2, -0.15) is 5.10 Å². The Bertz CT molecular complexity index is 711. The van der Waals surface area contributed by atoms with Crippen molar-refractivity contribution in [2.24, 2.45) is 5.73 Å². The lowest BCUT2D eigenvalue weighted by molar-refractivity contribution is -0.121. The van der Waals surface area contributed by atoms with Crippen LogP contribution in [-0.4, -0.2) is 46.9 Å². The molecule has 0 aliphatic carbocycles. The second-order valence-electron chi connectivity index (χ2n) is 6.26. The highest BCUT2D eigenvalue weighted by Crippen LogP contribution is 2.29. The van der Waals surface area contributed by atoms with Crippen LogP contribution in [0.1, 0.15) is 28.6 Å². The molecular weight excluding hydrogens is 304 g/mol. The largest absolute Gasteiger partial charge is 0.378 e. The number of morpholine rings is 1. The summed E-state index contributed by atoms with van der Waals surface area (Å²) in [6, 6.07) is 10.3. The molecule has 0 radical (unpaired) electrons. The lowest BCUT2D eigenvalue weighted by Crippen LogP contribution is -2.44. The molecule has 1 atom stereocenters. The maximum absolute atomic E-state index is 11.4. The van der Waals surface area contributed by atoms with Crippen molar-refractivity contribution in [3.05, 3.63) is 52.8 Å². The number of amides is 1. The van der Waals surface area contributed by atoms with Gasteiger partial charge in [0.15, 0.2) is 0 Å². The number of rotatable bonds is 5. The predicted octanol–water partition coefficient (Wildman–Crippen LogP) is 1.41. The summed E-state index contributed by atoms with van der Waals surface area (Å²) in [6.45, 7) is 6.96. The smallest absolute Gasteiger partial charge is 0.231 e. The van der Waals surface area contributed by atoms with E-state index in [9.17, 15) is 4.79 Å². The van der Waals surface area contributed by atoms with Gasteiger partial charge in [0.05, 0.1) is 38.0 Å². The van der Waals surface area contributed by atoms with Crippen molar-refractivity contribution in [2.45, 2.75) is 26.4 Å². The van der Waals surface area contributed by atoms with Gasteiger partial charge in [0.25, 0.3) is 0 Å². The molecular formula is C18H24N4O2. The van der Waals surface area contributed by atoms with E-state index < -0.39 is 0 Å². The minimum absolute atomic E-state index is 0.0239. The number of primary amides is 1. The maximum atomic E-state index is 11.4. The lowest BCUT2D eigenvalue weighted by Gasteiger charge is -2.35. The third kappa shape index (κ3) is 3.49. The number of nitrogens with zero attached hydrogens (tertiary/aromatic N) is 3. The summed E-state index contributed by atoms with van der Waals surface area (Å²) in [6.07, 6.45) is 0. The quantitative estimate of drug-likeness (QED) is 0.900. The highest BCUT2D eigenvalue weighted by Gasteiger charge is 2.30. The Balaban J connectivity index is 1.88. The van der Waals surface area contributed by atoms with Gasteiger partial charge < -0.3 is 10.5 Å². The third-order valence-electron chi connectivity index (χ3n) is 4.54. The minimum Gasteiger partial charge on any atom is -0.378 e. The Hall–Kier alpha value is -2.18. The number of benzene rings is 1. The molecule has 3 rings (SSSR count). The molecule has 0 spiro atoms. The number of aromatic nitrogens is 2. The molecule has 1 aliphatic heterocycles. The van der Waals surface area contributed by atoms with Crippen molar-refractivity contribution >= 4 is 5.91 Å². The molecule has 1 amide bonds. The zero-order valence-electron chi connectivity index (χ0n) is 14.2. The van der Waals surface area contributed by atoms with Gasteiger partial charge in [-0.25, -0.2) is 0 Å². The molecule has 24 heavy (non-hydrogen) atoms. The van der Waals surface area contributed by atoms with Crippen molar-refractivity contribution in [2.75, 3.05) is 26.3 Å².